The fourth-order valence-corrected chi connectivity index (χ4v) is 8.45. The molecular weight excluding hydrogens is 566 g/mol. The second kappa shape index (κ2) is 10.2. The molecule has 240 valence electrons. The average molecular weight is 612 g/mol. The van der Waals surface area contributed by atoms with E-state index in [9.17, 15) is 34.8 Å². The summed E-state index contributed by atoms with van der Waals surface area (Å²) < 4.78 is 0. The number of amides is 1. The monoisotopic (exact) mass is 611 g/mol. The van der Waals surface area contributed by atoms with Crippen LogP contribution in [0.1, 0.15) is 58.1 Å². The molecule has 1 saturated heterocycles. The maximum atomic E-state index is 14.2. The minimum absolute atomic E-state index is 0.0128. The molecule has 0 bridgehead atoms. The molecule has 4 atom stereocenters. The molecule has 1 amide bonds. The molecule has 0 spiro atoms. The molecule has 1 heterocycles. The first-order chi connectivity index (χ1) is 20.2. The van der Waals surface area contributed by atoms with Crippen molar-refractivity contribution >= 4 is 34.6 Å². The maximum Gasteiger partial charge on any atom is 0.255 e. The lowest BCUT2D eigenvalue weighted by Crippen LogP contribution is -2.65. The van der Waals surface area contributed by atoms with E-state index in [4.69, 9.17) is 5.73 Å². The van der Waals surface area contributed by atoms with Crippen LogP contribution < -0.4 is 21.3 Å². The normalized spacial score (nSPS) is 29.7. The topological polar surface area (TPSA) is 189 Å². The number of carbonyl (C=O) groups is 3. The first-order valence-corrected chi connectivity index (χ1v) is 15.0. The number of Topliss-reactive ketones (excluding diaryl/α,β-unsaturated/α-hetero) is 2. The zero-order chi connectivity index (χ0) is 32.8. The van der Waals surface area contributed by atoms with E-state index in [0.717, 1.165) is 18.5 Å². The van der Waals surface area contributed by atoms with Gasteiger partial charge in [-0.05, 0) is 85.0 Å². The number of nitrogens with two attached hydrogens (primary N) is 1. The van der Waals surface area contributed by atoms with Crippen LogP contribution in [0.25, 0.3) is 5.76 Å². The zero-order valence-electron chi connectivity index (χ0n) is 26.7. The molecule has 3 aliphatic carbocycles. The third-order valence-electron chi connectivity index (χ3n) is 9.73. The van der Waals surface area contributed by atoms with E-state index in [0.29, 0.717) is 11.3 Å². The Morgan fingerprint density at radius 1 is 1.05 bits per heavy atom. The molecule has 1 aliphatic heterocycles. The van der Waals surface area contributed by atoms with Crippen molar-refractivity contribution < 1.29 is 34.8 Å². The summed E-state index contributed by atoms with van der Waals surface area (Å²) in [5.41, 5.74) is 3.23. The predicted molar refractivity (Wildman–Crippen MR) is 167 cm³/mol. The summed E-state index contributed by atoms with van der Waals surface area (Å²) in [6.07, 6.45) is 1.81. The number of phenolic OH excluding ortho intramolecular Hbond substituents is 1. The highest BCUT2D eigenvalue weighted by Gasteiger charge is 2.64. The van der Waals surface area contributed by atoms with Crippen molar-refractivity contribution in [3.05, 3.63) is 34.1 Å². The average Bonchev–Trinajstić information content (AvgIpc) is 2.85. The van der Waals surface area contributed by atoms with Crippen molar-refractivity contribution in [1.29, 1.82) is 0 Å². The summed E-state index contributed by atoms with van der Waals surface area (Å²) in [6, 6.07) is 0.705. The standard InChI is InChI=1S/C32H45N5O7/c1-30(2)12-15(13-31(3,4)35-30)34-18-11-19(36(5)6)16-9-14-10-17-23(37(7)8)26(40)22(29(33)43)28(42)32(17,44)27(41)20(14)25(39)21(16)24(18)38/h11,14-15,17,23,34-35,38-39,42,44H,9-10,12-13H2,1-8H3,(H2,33,43)/t14-,17-,23+,32+/m1/s1. The van der Waals surface area contributed by atoms with Crippen LogP contribution in [0.5, 0.6) is 5.75 Å². The highest BCUT2D eigenvalue weighted by molar-refractivity contribution is 6.24. The summed E-state index contributed by atoms with van der Waals surface area (Å²) in [6.45, 7) is 8.49. The van der Waals surface area contributed by atoms with Crippen LogP contribution in [-0.2, 0) is 20.8 Å². The van der Waals surface area contributed by atoms with Crippen LogP contribution in [0.15, 0.2) is 23.0 Å². The fraction of sp³-hybridized carbons (Fsp3) is 0.594. The smallest absolute Gasteiger partial charge is 0.255 e. The number of primary amides is 1. The molecule has 0 unspecified atom stereocenters. The van der Waals surface area contributed by atoms with Gasteiger partial charge in [0.15, 0.2) is 11.4 Å². The van der Waals surface area contributed by atoms with E-state index in [2.05, 4.69) is 38.3 Å². The molecule has 0 aromatic heterocycles. The van der Waals surface area contributed by atoms with Crippen LogP contribution in [0.2, 0.25) is 0 Å². The molecule has 12 nitrogen and oxygen atoms in total. The van der Waals surface area contributed by atoms with Crippen molar-refractivity contribution in [2.24, 2.45) is 17.6 Å². The van der Waals surface area contributed by atoms with Crippen LogP contribution in [0, 0.1) is 11.8 Å². The summed E-state index contributed by atoms with van der Waals surface area (Å²) in [5.74, 6) is -6.65. The third kappa shape index (κ3) is 4.74. The molecule has 1 saturated carbocycles. The van der Waals surface area contributed by atoms with E-state index in [-0.39, 0.29) is 46.8 Å². The molecular formula is C32H45N5O7. The lowest BCUT2D eigenvalue weighted by molar-refractivity contribution is -0.153. The lowest BCUT2D eigenvalue weighted by atomic mass is 9.57. The number of nitrogens with zero attached hydrogens (tertiary/aromatic N) is 2. The summed E-state index contributed by atoms with van der Waals surface area (Å²) in [7, 11) is 6.86. The van der Waals surface area contributed by atoms with Crippen molar-refractivity contribution in [2.45, 2.75) is 82.1 Å². The SMILES string of the molecule is CN(C)c1cc(NC2CC(C)(C)NC(C)(C)C2)c(O)c2c1C[C@@H]1C[C@@H]3[C@H](N(C)C)C(=O)C(C(N)=O)=C(O)[C@@]3(O)C(=O)C1=C2O. The second-order valence-corrected chi connectivity index (χ2v) is 14.6. The van der Waals surface area contributed by atoms with Crippen molar-refractivity contribution in [2.75, 3.05) is 38.4 Å². The van der Waals surface area contributed by atoms with Crippen LogP contribution >= 0.6 is 0 Å². The number of aliphatic hydroxyl groups excluding tert-OH is 2. The number of ketones is 2. The zero-order valence-corrected chi connectivity index (χ0v) is 26.7. The Morgan fingerprint density at radius 2 is 1.64 bits per heavy atom. The quantitative estimate of drug-likeness (QED) is 0.190. The number of fused-ring (bicyclic) bond motifs is 3. The molecule has 12 heteroatoms. The first-order valence-electron chi connectivity index (χ1n) is 15.0. The molecule has 2 fully saturated rings. The van der Waals surface area contributed by atoms with E-state index in [1.807, 2.05) is 25.1 Å². The van der Waals surface area contributed by atoms with Crippen molar-refractivity contribution in [1.82, 2.24) is 10.2 Å². The molecule has 1 aromatic carbocycles. The highest BCUT2D eigenvalue weighted by atomic mass is 16.3. The Labute approximate surface area is 257 Å². The molecule has 5 rings (SSSR count). The van der Waals surface area contributed by atoms with Crippen molar-refractivity contribution in [3.63, 3.8) is 0 Å². The maximum absolute atomic E-state index is 14.2. The Balaban J connectivity index is 1.67. The predicted octanol–water partition coefficient (Wildman–Crippen LogP) is 1.75. The van der Waals surface area contributed by atoms with E-state index in [1.165, 1.54) is 4.90 Å². The number of carbonyl (C=O) groups excluding carboxylic acids is 3. The van der Waals surface area contributed by atoms with Gasteiger partial charge < -0.3 is 41.7 Å². The minimum Gasteiger partial charge on any atom is -0.508 e. The molecule has 44 heavy (non-hydrogen) atoms. The number of piperidine rings is 1. The Hall–Kier alpha value is -3.61. The van der Waals surface area contributed by atoms with Gasteiger partial charge in [-0.2, -0.15) is 0 Å². The van der Waals surface area contributed by atoms with Gasteiger partial charge in [-0.3, -0.25) is 19.3 Å². The number of rotatable bonds is 5. The second-order valence-electron chi connectivity index (χ2n) is 14.6. The number of hydrogen-bond acceptors (Lipinski definition) is 11. The third-order valence-corrected chi connectivity index (χ3v) is 9.73. The number of likely N-dealkylation sites (N-methyl/N-ethyl adjacent to an activating group) is 1. The molecule has 4 aliphatic rings. The molecule has 8 N–H and O–H groups in total. The number of aliphatic hydroxyl groups is 3. The van der Waals surface area contributed by atoms with Crippen molar-refractivity contribution in [3.8, 4) is 5.75 Å². The summed E-state index contributed by atoms with van der Waals surface area (Å²) in [4.78, 5) is 43.1. The van der Waals surface area contributed by atoms with Gasteiger partial charge in [-0.15, -0.1) is 0 Å². The minimum atomic E-state index is -2.67. The lowest BCUT2D eigenvalue weighted by Gasteiger charge is -2.50. The van der Waals surface area contributed by atoms with Crippen LogP contribution in [0.4, 0.5) is 11.4 Å². The van der Waals surface area contributed by atoms with Crippen LogP contribution in [0.3, 0.4) is 0 Å². The van der Waals surface area contributed by atoms with Gasteiger partial charge in [0, 0.05) is 48.4 Å². The van der Waals surface area contributed by atoms with Gasteiger partial charge in [0.1, 0.15) is 22.8 Å². The summed E-state index contributed by atoms with van der Waals surface area (Å²) in [5, 5.41) is 53.5. The number of aromatic hydroxyl groups is 1. The van der Waals surface area contributed by atoms with Gasteiger partial charge in [-0.1, -0.05) is 0 Å². The Bertz CT molecular complexity index is 1510. The van der Waals surface area contributed by atoms with E-state index in [1.54, 1.807) is 14.1 Å². The highest BCUT2D eigenvalue weighted by Crippen LogP contribution is 2.54. The number of anilines is 2. The number of benzene rings is 1. The Morgan fingerprint density at radius 3 is 2.16 bits per heavy atom. The largest absolute Gasteiger partial charge is 0.508 e. The van der Waals surface area contributed by atoms with Gasteiger partial charge in [0.05, 0.1) is 17.3 Å². The number of phenols is 1. The van der Waals surface area contributed by atoms with Gasteiger partial charge in [0.25, 0.3) is 5.91 Å². The van der Waals surface area contributed by atoms with Crippen LogP contribution in [-0.4, -0.2) is 99.8 Å². The molecule has 0 radical (unpaired) electrons. The van der Waals surface area contributed by atoms with Gasteiger partial charge in [-0.25, -0.2) is 0 Å². The fourth-order valence-electron chi connectivity index (χ4n) is 8.45. The molecule has 1 aromatic rings. The number of nitrogens with one attached hydrogen (secondary N) is 2. The first kappa shape index (κ1) is 31.8. The Kier molecular flexibility index (Phi) is 7.38. The van der Waals surface area contributed by atoms with Gasteiger partial charge in [0.2, 0.25) is 5.78 Å². The van der Waals surface area contributed by atoms with E-state index < -0.39 is 58.0 Å². The summed E-state index contributed by atoms with van der Waals surface area (Å²) >= 11 is 0. The van der Waals surface area contributed by atoms with E-state index >= 15 is 0 Å². The van der Waals surface area contributed by atoms with Gasteiger partial charge >= 0.3 is 0 Å². The number of hydrogen-bond donors (Lipinski definition) is 7.